The Labute approximate surface area is 102 Å². The van der Waals surface area contributed by atoms with Gasteiger partial charge in [0.15, 0.2) is 0 Å². The molecule has 0 saturated heterocycles. The van der Waals surface area contributed by atoms with Crippen molar-refractivity contribution in [1.82, 2.24) is 0 Å². The SMILES string of the molecule is COc1cc(I)c(Cl)cc1CN.Cl. The summed E-state index contributed by atoms with van der Waals surface area (Å²) in [5.74, 6) is 0.798. The van der Waals surface area contributed by atoms with Gasteiger partial charge in [-0.15, -0.1) is 12.4 Å². The number of methoxy groups -OCH3 is 1. The molecule has 0 heterocycles. The van der Waals surface area contributed by atoms with Crippen LogP contribution < -0.4 is 10.5 Å². The van der Waals surface area contributed by atoms with Gasteiger partial charge in [0.25, 0.3) is 0 Å². The van der Waals surface area contributed by atoms with Crippen LogP contribution in [0.5, 0.6) is 5.75 Å². The predicted octanol–water partition coefficient (Wildman–Crippen LogP) is 2.83. The molecule has 0 saturated carbocycles. The molecule has 0 spiro atoms. The lowest BCUT2D eigenvalue weighted by atomic mass is 10.2. The van der Waals surface area contributed by atoms with Crippen molar-refractivity contribution in [2.75, 3.05) is 7.11 Å². The van der Waals surface area contributed by atoms with E-state index in [0.29, 0.717) is 6.54 Å². The number of nitrogens with two attached hydrogens (primary N) is 1. The van der Waals surface area contributed by atoms with Crippen LogP contribution in [0.1, 0.15) is 5.56 Å². The Morgan fingerprint density at radius 1 is 1.54 bits per heavy atom. The lowest BCUT2D eigenvalue weighted by Crippen LogP contribution is -2.00. The van der Waals surface area contributed by atoms with Gasteiger partial charge in [-0.1, -0.05) is 11.6 Å². The van der Waals surface area contributed by atoms with Crippen LogP contribution >= 0.6 is 46.6 Å². The molecule has 1 rings (SSSR count). The molecule has 0 atom stereocenters. The van der Waals surface area contributed by atoms with E-state index in [1.807, 2.05) is 12.1 Å². The van der Waals surface area contributed by atoms with Gasteiger partial charge in [0, 0.05) is 15.7 Å². The summed E-state index contributed by atoms with van der Waals surface area (Å²) in [6.07, 6.45) is 0. The highest BCUT2D eigenvalue weighted by Gasteiger charge is 2.05. The predicted molar refractivity (Wildman–Crippen MR) is 65.9 cm³/mol. The molecule has 0 bridgehead atoms. The zero-order valence-corrected chi connectivity index (χ0v) is 10.7. The van der Waals surface area contributed by atoms with Gasteiger partial charge in [-0.05, 0) is 34.7 Å². The highest BCUT2D eigenvalue weighted by Crippen LogP contribution is 2.27. The van der Waals surface area contributed by atoms with Gasteiger partial charge in [0.2, 0.25) is 0 Å². The molecule has 0 unspecified atom stereocenters. The van der Waals surface area contributed by atoms with Crippen molar-refractivity contribution in [3.63, 3.8) is 0 Å². The fraction of sp³-hybridized carbons (Fsp3) is 0.250. The van der Waals surface area contributed by atoms with Crippen LogP contribution in [0.15, 0.2) is 12.1 Å². The molecule has 2 N–H and O–H groups in total. The first-order chi connectivity index (χ1) is 5.69. The van der Waals surface area contributed by atoms with Gasteiger partial charge in [-0.3, -0.25) is 0 Å². The first kappa shape index (κ1) is 13.3. The van der Waals surface area contributed by atoms with Crippen molar-refractivity contribution in [3.05, 3.63) is 26.3 Å². The summed E-state index contributed by atoms with van der Waals surface area (Å²) >= 11 is 8.06. The summed E-state index contributed by atoms with van der Waals surface area (Å²) < 4.78 is 6.10. The molecule has 0 aliphatic heterocycles. The van der Waals surface area contributed by atoms with E-state index in [1.165, 1.54) is 0 Å². The minimum absolute atomic E-state index is 0. The topological polar surface area (TPSA) is 35.2 Å². The molecule has 0 fully saturated rings. The molecule has 1 aromatic rings. The third-order valence-electron chi connectivity index (χ3n) is 1.54. The monoisotopic (exact) mass is 333 g/mol. The Kier molecular flexibility index (Phi) is 6.04. The number of halogens is 3. The summed E-state index contributed by atoms with van der Waals surface area (Å²) in [5, 5.41) is 0.719. The van der Waals surface area contributed by atoms with E-state index in [-0.39, 0.29) is 12.4 Å². The second-order valence-corrected chi connectivity index (χ2v) is 3.85. The molecule has 0 aromatic heterocycles. The maximum absolute atomic E-state index is 5.90. The smallest absolute Gasteiger partial charge is 0.124 e. The lowest BCUT2D eigenvalue weighted by Gasteiger charge is -2.07. The van der Waals surface area contributed by atoms with Gasteiger partial charge in [0.1, 0.15) is 5.75 Å². The third-order valence-corrected chi connectivity index (χ3v) is 3.07. The average Bonchev–Trinajstić information content (AvgIpc) is 2.09. The van der Waals surface area contributed by atoms with Gasteiger partial charge in [0.05, 0.1) is 12.1 Å². The van der Waals surface area contributed by atoms with E-state index in [1.54, 1.807) is 7.11 Å². The fourth-order valence-electron chi connectivity index (χ4n) is 0.919. The molecule has 2 nitrogen and oxygen atoms in total. The number of ether oxygens (including phenoxy) is 1. The van der Waals surface area contributed by atoms with Crippen LogP contribution in [-0.2, 0) is 6.54 Å². The number of rotatable bonds is 2. The molecule has 5 heteroatoms. The maximum atomic E-state index is 5.90. The minimum atomic E-state index is 0. The molecule has 74 valence electrons. The van der Waals surface area contributed by atoms with Crippen molar-refractivity contribution >= 4 is 46.6 Å². The molecule has 13 heavy (non-hydrogen) atoms. The Morgan fingerprint density at radius 3 is 2.62 bits per heavy atom. The van der Waals surface area contributed by atoms with E-state index in [9.17, 15) is 0 Å². The van der Waals surface area contributed by atoms with Crippen LogP contribution in [0.25, 0.3) is 0 Å². The highest BCUT2D eigenvalue weighted by atomic mass is 127. The Hall–Kier alpha value is 0.290. The first-order valence-electron chi connectivity index (χ1n) is 3.41. The largest absolute Gasteiger partial charge is 0.496 e. The lowest BCUT2D eigenvalue weighted by molar-refractivity contribution is 0.409. The van der Waals surface area contributed by atoms with E-state index in [0.717, 1.165) is 19.9 Å². The van der Waals surface area contributed by atoms with E-state index in [2.05, 4.69) is 22.6 Å². The van der Waals surface area contributed by atoms with Crippen molar-refractivity contribution in [2.24, 2.45) is 5.73 Å². The van der Waals surface area contributed by atoms with Gasteiger partial charge >= 0.3 is 0 Å². The molecule has 0 amide bonds. The van der Waals surface area contributed by atoms with E-state index < -0.39 is 0 Å². The van der Waals surface area contributed by atoms with Crippen LogP contribution in [0.4, 0.5) is 0 Å². The van der Waals surface area contributed by atoms with Crippen molar-refractivity contribution < 1.29 is 4.74 Å². The van der Waals surface area contributed by atoms with Crippen molar-refractivity contribution in [3.8, 4) is 5.75 Å². The summed E-state index contributed by atoms with van der Waals surface area (Å²) in [7, 11) is 1.62. The van der Waals surface area contributed by atoms with Crippen molar-refractivity contribution in [2.45, 2.75) is 6.54 Å². The Balaban J connectivity index is 0.00000144. The number of hydrogen-bond donors (Lipinski definition) is 1. The van der Waals surface area contributed by atoms with E-state index >= 15 is 0 Å². The molecule has 1 aromatic carbocycles. The van der Waals surface area contributed by atoms with Gasteiger partial charge in [-0.25, -0.2) is 0 Å². The summed E-state index contributed by atoms with van der Waals surface area (Å²) in [4.78, 5) is 0. The molecular weight excluding hydrogens is 324 g/mol. The normalized spacial score (nSPS) is 9.23. The van der Waals surface area contributed by atoms with Crippen LogP contribution in [-0.4, -0.2) is 7.11 Å². The summed E-state index contributed by atoms with van der Waals surface area (Å²) in [6, 6.07) is 3.72. The zero-order chi connectivity index (χ0) is 9.14. The maximum Gasteiger partial charge on any atom is 0.124 e. The second-order valence-electron chi connectivity index (χ2n) is 2.28. The van der Waals surface area contributed by atoms with Crippen LogP contribution in [0.3, 0.4) is 0 Å². The molecule has 0 aliphatic rings. The summed E-state index contributed by atoms with van der Waals surface area (Å²) in [5.41, 5.74) is 6.44. The quantitative estimate of drug-likeness (QED) is 0.845. The van der Waals surface area contributed by atoms with Gasteiger partial charge < -0.3 is 10.5 Å². The standard InChI is InChI=1S/C8H9ClINO.ClH/c1-12-8-3-7(10)6(9)2-5(8)4-11;/h2-3H,4,11H2,1H3;1H. The summed E-state index contributed by atoms with van der Waals surface area (Å²) in [6.45, 7) is 0.444. The second kappa shape index (κ2) is 5.90. The number of hydrogen-bond acceptors (Lipinski definition) is 2. The minimum Gasteiger partial charge on any atom is -0.496 e. The first-order valence-corrected chi connectivity index (χ1v) is 4.86. The van der Waals surface area contributed by atoms with Crippen molar-refractivity contribution in [1.29, 1.82) is 0 Å². The number of benzene rings is 1. The molecule has 0 radical (unpaired) electrons. The van der Waals surface area contributed by atoms with Gasteiger partial charge in [-0.2, -0.15) is 0 Å². The molecular formula is C8H10Cl2INO. The van der Waals surface area contributed by atoms with Crippen LogP contribution in [0.2, 0.25) is 5.02 Å². The van der Waals surface area contributed by atoms with Crippen LogP contribution in [0, 0.1) is 3.57 Å². The Bertz CT molecular complexity index is 265. The third kappa shape index (κ3) is 3.16. The highest BCUT2D eigenvalue weighted by molar-refractivity contribution is 14.1. The molecule has 0 aliphatic carbocycles. The Morgan fingerprint density at radius 2 is 2.15 bits per heavy atom. The van der Waals surface area contributed by atoms with E-state index in [4.69, 9.17) is 22.1 Å². The zero-order valence-electron chi connectivity index (χ0n) is 7.01. The average molecular weight is 334 g/mol. The fourth-order valence-corrected chi connectivity index (χ4v) is 1.54.